The first-order chi connectivity index (χ1) is 9.64. The highest BCUT2D eigenvalue weighted by Gasteiger charge is 2.29. The number of carbonyl (C=O) groups excluding carboxylic acids is 1. The summed E-state index contributed by atoms with van der Waals surface area (Å²) in [6, 6.07) is 1.69. The van der Waals surface area contributed by atoms with Crippen LogP contribution in [-0.4, -0.2) is 34.5 Å². The molecule has 1 fully saturated rings. The van der Waals surface area contributed by atoms with Crippen molar-refractivity contribution in [3.05, 3.63) is 29.6 Å². The zero-order chi connectivity index (χ0) is 14.4. The number of rotatable bonds is 3. The molecule has 1 aliphatic heterocycles. The Hall–Kier alpha value is -1.51. The molecule has 1 aliphatic rings. The molecule has 0 radical (unpaired) electrons. The number of hydrogen-bond donors (Lipinski definition) is 2. The highest BCUT2D eigenvalue weighted by atomic mass is 32.2. The Labute approximate surface area is 123 Å². The van der Waals surface area contributed by atoms with Gasteiger partial charge in [0.1, 0.15) is 0 Å². The SMILES string of the molecule is CC1(CNC(=O)c2ccncc2C#CCN)CCCS1. The molecule has 106 valence electrons. The summed E-state index contributed by atoms with van der Waals surface area (Å²) in [4.78, 5) is 16.3. The highest BCUT2D eigenvalue weighted by Crippen LogP contribution is 2.36. The maximum Gasteiger partial charge on any atom is 0.252 e. The van der Waals surface area contributed by atoms with E-state index in [4.69, 9.17) is 5.73 Å². The van der Waals surface area contributed by atoms with Crippen LogP contribution in [0.15, 0.2) is 18.5 Å². The Balaban J connectivity index is 2.05. The fourth-order valence-electron chi connectivity index (χ4n) is 2.18. The van der Waals surface area contributed by atoms with Gasteiger partial charge in [-0.15, -0.1) is 0 Å². The van der Waals surface area contributed by atoms with Gasteiger partial charge in [-0.1, -0.05) is 11.8 Å². The summed E-state index contributed by atoms with van der Waals surface area (Å²) in [7, 11) is 0. The summed E-state index contributed by atoms with van der Waals surface area (Å²) in [6.45, 7) is 3.15. The van der Waals surface area contributed by atoms with Crippen LogP contribution in [0.4, 0.5) is 0 Å². The molecule has 2 heterocycles. The van der Waals surface area contributed by atoms with E-state index in [1.807, 2.05) is 11.8 Å². The number of thioether (sulfide) groups is 1. The van der Waals surface area contributed by atoms with E-state index in [0.717, 1.165) is 6.42 Å². The Kier molecular flexibility index (Phi) is 5.05. The summed E-state index contributed by atoms with van der Waals surface area (Å²) in [5, 5.41) is 3.01. The second-order valence-electron chi connectivity index (χ2n) is 5.01. The van der Waals surface area contributed by atoms with Crippen LogP contribution >= 0.6 is 11.8 Å². The second kappa shape index (κ2) is 6.78. The van der Waals surface area contributed by atoms with Crippen LogP contribution in [0.25, 0.3) is 0 Å². The number of pyridine rings is 1. The van der Waals surface area contributed by atoms with Gasteiger partial charge in [0.05, 0.1) is 17.7 Å². The molecule has 0 bridgehead atoms. The third-order valence-corrected chi connectivity index (χ3v) is 4.85. The van der Waals surface area contributed by atoms with E-state index in [9.17, 15) is 4.79 Å². The zero-order valence-corrected chi connectivity index (χ0v) is 12.4. The minimum absolute atomic E-state index is 0.0950. The smallest absolute Gasteiger partial charge is 0.252 e. The number of amides is 1. The lowest BCUT2D eigenvalue weighted by molar-refractivity contribution is 0.0949. The molecule has 1 aromatic heterocycles. The molecule has 4 nitrogen and oxygen atoms in total. The normalized spacial score (nSPS) is 21.1. The number of carbonyl (C=O) groups is 1. The standard InChI is InChI=1S/C15H19N3OS/c1-15(6-3-9-20-15)11-18-14(19)13-5-8-17-10-12(13)4-2-7-16/h5,8,10H,3,6-7,9,11,16H2,1H3,(H,18,19). The number of aromatic nitrogens is 1. The lowest BCUT2D eigenvalue weighted by Crippen LogP contribution is -2.37. The first kappa shape index (κ1) is 14.9. The summed E-state index contributed by atoms with van der Waals surface area (Å²) in [6.07, 6.45) is 5.58. The number of nitrogens with one attached hydrogen (secondary N) is 1. The third kappa shape index (κ3) is 3.75. The molecule has 0 spiro atoms. The Morgan fingerprint density at radius 2 is 2.50 bits per heavy atom. The highest BCUT2D eigenvalue weighted by molar-refractivity contribution is 8.00. The van der Waals surface area contributed by atoms with Gasteiger partial charge in [-0.25, -0.2) is 0 Å². The van der Waals surface area contributed by atoms with E-state index in [1.165, 1.54) is 12.2 Å². The van der Waals surface area contributed by atoms with Gasteiger partial charge in [0.2, 0.25) is 0 Å². The second-order valence-corrected chi connectivity index (χ2v) is 6.69. The van der Waals surface area contributed by atoms with Crippen LogP contribution < -0.4 is 11.1 Å². The van der Waals surface area contributed by atoms with Gasteiger partial charge < -0.3 is 11.1 Å². The van der Waals surface area contributed by atoms with E-state index >= 15 is 0 Å². The summed E-state index contributed by atoms with van der Waals surface area (Å²) < 4.78 is 0.159. The van der Waals surface area contributed by atoms with E-state index in [2.05, 4.69) is 29.1 Å². The zero-order valence-electron chi connectivity index (χ0n) is 11.6. The van der Waals surface area contributed by atoms with Crippen LogP contribution in [0.2, 0.25) is 0 Å². The fraction of sp³-hybridized carbons (Fsp3) is 0.467. The summed E-state index contributed by atoms with van der Waals surface area (Å²) >= 11 is 1.93. The number of nitrogens with zero attached hydrogens (tertiary/aromatic N) is 1. The van der Waals surface area contributed by atoms with Crippen LogP contribution in [-0.2, 0) is 0 Å². The van der Waals surface area contributed by atoms with Crippen molar-refractivity contribution in [3.63, 3.8) is 0 Å². The number of nitrogens with two attached hydrogens (primary N) is 1. The molecule has 2 rings (SSSR count). The molecule has 3 N–H and O–H groups in total. The molecule has 1 atom stereocenters. The molecule has 1 saturated heterocycles. The minimum Gasteiger partial charge on any atom is -0.351 e. The van der Waals surface area contributed by atoms with Gasteiger partial charge in [0, 0.05) is 23.7 Å². The van der Waals surface area contributed by atoms with E-state index in [-0.39, 0.29) is 17.2 Å². The maximum atomic E-state index is 12.3. The lowest BCUT2D eigenvalue weighted by Gasteiger charge is -2.22. The molecule has 0 aliphatic carbocycles. The first-order valence-corrected chi connectivity index (χ1v) is 7.68. The molecular weight excluding hydrogens is 270 g/mol. The van der Waals surface area contributed by atoms with Crippen molar-refractivity contribution >= 4 is 17.7 Å². The van der Waals surface area contributed by atoms with Crippen molar-refractivity contribution in [1.29, 1.82) is 0 Å². The van der Waals surface area contributed by atoms with Crippen LogP contribution in [0.5, 0.6) is 0 Å². The quantitative estimate of drug-likeness (QED) is 0.826. The van der Waals surface area contributed by atoms with Gasteiger partial charge in [-0.2, -0.15) is 11.8 Å². The van der Waals surface area contributed by atoms with Crippen molar-refractivity contribution in [1.82, 2.24) is 10.3 Å². The Morgan fingerprint density at radius 3 is 3.20 bits per heavy atom. The predicted octanol–water partition coefficient (Wildman–Crippen LogP) is 1.41. The van der Waals surface area contributed by atoms with Gasteiger partial charge in [-0.05, 0) is 31.6 Å². The fourth-order valence-corrected chi connectivity index (χ4v) is 3.42. The van der Waals surface area contributed by atoms with Gasteiger partial charge in [0.25, 0.3) is 5.91 Å². The molecule has 20 heavy (non-hydrogen) atoms. The van der Waals surface area contributed by atoms with Crippen molar-refractivity contribution in [2.75, 3.05) is 18.8 Å². The lowest BCUT2D eigenvalue weighted by atomic mass is 10.1. The van der Waals surface area contributed by atoms with Crippen molar-refractivity contribution in [3.8, 4) is 11.8 Å². The van der Waals surface area contributed by atoms with E-state index in [1.54, 1.807) is 18.5 Å². The van der Waals surface area contributed by atoms with Gasteiger partial charge in [0.15, 0.2) is 0 Å². The van der Waals surface area contributed by atoms with Crippen LogP contribution in [0, 0.1) is 11.8 Å². The Bertz CT molecular complexity index is 542. The third-order valence-electron chi connectivity index (χ3n) is 3.31. The molecule has 1 aromatic rings. The topological polar surface area (TPSA) is 68.0 Å². The summed E-state index contributed by atoms with van der Waals surface area (Å²) in [5.41, 5.74) is 6.55. The Morgan fingerprint density at radius 1 is 1.65 bits per heavy atom. The van der Waals surface area contributed by atoms with Gasteiger partial charge in [-0.3, -0.25) is 9.78 Å². The van der Waals surface area contributed by atoms with Crippen molar-refractivity contribution < 1.29 is 4.79 Å². The minimum atomic E-state index is -0.0950. The molecule has 0 saturated carbocycles. The molecular formula is C15H19N3OS. The van der Waals surface area contributed by atoms with Crippen molar-refractivity contribution in [2.24, 2.45) is 5.73 Å². The van der Waals surface area contributed by atoms with Gasteiger partial charge >= 0.3 is 0 Å². The van der Waals surface area contributed by atoms with Crippen molar-refractivity contribution in [2.45, 2.75) is 24.5 Å². The van der Waals surface area contributed by atoms with E-state index in [0.29, 0.717) is 17.7 Å². The summed E-state index contributed by atoms with van der Waals surface area (Å²) in [5.74, 6) is 6.73. The largest absolute Gasteiger partial charge is 0.351 e. The van der Waals surface area contributed by atoms with Crippen LogP contribution in [0.3, 0.4) is 0 Å². The predicted molar refractivity (Wildman–Crippen MR) is 82.6 cm³/mol. The molecule has 5 heteroatoms. The maximum absolute atomic E-state index is 12.3. The average molecular weight is 289 g/mol. The average Bonchev–Trinajstić information content (AvgIpc) is 2.90. The molecule has 1 amide bonds. The molecule has 1 unspecified atom stereocenters. The number of hydrogen-bond acceptors (Lipinski definition) is 4. The monoisotopic (exact) mass is 289 g/mol. The van der Waals surface area contributed by atoms with E-state index < -0.39 is 0 Å². The first-order valence-electron chi connectivity index (χ1n) is 6.70. The van der Waals surface area contributed by atoms with Crippen LogP contribution in [0.1, 0.15) is 35.7 Å². The molecule has 0 aromatic carbocycles.